The SMILES string of the molecule is CCCN(C(=O)OC(C)(C)C)c1ncccc1[C@@H]1CCCCN1S(=O)(=O)c1ccc(C)cc1. The lowest BCUT2D eigenvalue weighted by Gasteiger charge is -2.37. The lowest BCUT2D eigenvalue weighted by molar-refractivity contribution is 0.0578. The molecule has 7 nitrogen and oxygen atoms in total. The van der Waals surface area contributed by atoms with Crippen molar-refractivity contribution in [3.63, 3.8) is 0 Å². The largest absolute Gasteiger partial charge is 0.443 e. The first kappa shape index (κ1) is 25.2. The van der Waals surface area contributed by atoms with E-state index < -0.39 is 27.8 Å². The first-order valence-corrected chi connectivity index (χ1v) is 13.0. The molecule has 1 aliphatic rings. The van der Waals surface area contributed by atoms with E-state index >= 15 is 0 Å². The van der Waals surface area contributed by atoms with Crippen molar-refractivity contribution in [1.29, 1.82) is 0 Å². The van der Waals surface area contributed by atoms with Gasteiger partial charge in [0.15, 0.2) is 0 Å². The number of rotatable bonds is 6. The van der Waals surface area contributed by atoms with Gasteiger partial charge in [0.25, 0.3) is 0 Å². The second-order valence-corrected chi connectivity index (χ2v) is 11.4. The quantitative estimate of drug-likeness (QED) is 0.557. The highest BCUT2D eigenvalue weighted by Gasteiger charge is 2.37. The fourth-order valence-electron chi connectivity index (χ4n) is 4.07. The Bertz CT molecular complexity index is 1060. The number of benzene rings is 1. The molecule has 1 aromatic carbocycles. The monoisotopic (exact) mass is 473 g/mol. The number of nitrogens with zero attached hydrogens (tertiary/aromatic N) is 3. The number of carbonyl (C=O) groups excluding carboxylic acids is 1. The van der Waals surface area contributed by atoms with E-state index in [0.717, 1.165) is 24.0 Å². The normalized spacial score (nSPS) is 17.5. The Morgan fingerprint density at radius 3 is 2.52 bits per heavy atom. The van der Waals surface area contributed by atoms with Crippen LogP contribution in [-0.2, 0) is 14.8 Å². The zero-order valence-electron chi connectivity index (χ0n) is 20.2. The van der Waals surface area contributed by atoms with Crippen molar-refractivity contribution in [2.24, 2.45) is 0 Å². The average Bonchev–Trinajstić information content (AvgIpc) is 2.76. The summed E-state index contributed by atoms with van der Waals surface area (Å²) in [7, 11) is -3.71. The zero-order valence-corrected chi connectivity index (χ0v) is 21.1. The maximum Gasteiger partial charge on any atom is 0.416 e. The van der Waals surface area contributed by atoms with Crippen LogP contribution in [0.25, 0.3) is 0 Å². The number of hydrogen-bond acceptors (Lipinski definition) is 5. The van der Waals surface area contributed by atoms with E-state index in [0.29, 0.717) is 31.7 Å². The second-order valence-electron chi connectivity index (χ2n) is 9.49. The number of aromatic nitrogens is 1. The summed E-state index contributed by atoms with van der Waals surface area (Å²) in [6.45, 7) is 10.2. The number of anilines is 1. The summed E-state index contributed by atoms with van der Waals surface area (Å²) in [6.07, 6.45) is 4.23. The molecule has 0 radical (unpaired) electrons. The average molecular weight is 474 g/mol. The maximum atomic E-state index is 13.6. The predicted molar refractivity (Wildman–Crippen MR) is 130 cm³/mol. The third-order valence-electron chi connectivity index (χ3n) is 5.57. The molecule has 0 aliphatic carbocycles. The van der Waals surface area contributed by atoms with Gasteiger partial charge in [-0.3, -0.25) is 4.90 Å². The van der Waals surface area contributed by atoms with Gasteiger partial charge < -0.3 is 4.74 Å². The molecule has 0 bridgehead atoms. The molecular weight excluding hydrogens is 438 g/mol. The van der Waals surface area contributed by atoms with Gasteiger partial charge in [-0.25, -0.2) is 18.2 Å². The number of aryl methyl sites for hydroxylation is 1. The molecule has 2 aromatic rings. The van der Waals surface area contributed by atoms with E-state index in [4.69, 9.17) is 4.74 Å². The number of carbonyl (C=O) groups is 1. The van der Waals surface area contributed by atoms with E-state index in [1.165, 1.54) is 4.90 Å². The number of amides is 1. The number of hydrogen-bond donors (Lipinski definition) is 0. The molecule has 0 unspecified atom stereocenters. The summed E-state index contributed by atoms with van der Waals surface area (Å²) in [5.41, 5.74) is 1.09. The van der Waals surface area contributed by atoms with Crippen LogP contribution in [0.4, 0.5) is 10.6 Å². The highest BCUT2D eigenvalue weighted by molar-refractivity contribution is 7.89. The van der Waals surface area contributed by atoms with Crippen molar-refractivity contribution in [2.75, 3.05) is 18.0 Å². The fourth-order valence-corrected chi connectivity index (χ4v) is 5.74. The Balaban J connectivity index is 2.04. The minimum atomic E-state index is -3.71. The van der Waals surface area contributed by atoms with Crippen molar-refractivity contribution < 1.29 is 17.9 Å². The topological polar surface area (TPSA) is 79.8 Å². The van der Waals surface area contributed by atoms with Crippen molar-refractivity contribution >= 4 is 21.9 Å². The second kappa shape index (κ2) is 10.2. The van der Waals surface area contributed by atoms with Gasteiger partial charge >= 0.3 is 6.09 Å². The Kier molecular flexibility index (Phi) is 7.80. The van der Waals surface area contributed by atoms with Crippen LogP contribution >= 0.6 is 0 Å². The van der Waals surface area contributed by atoms with Gasteiger partial charge in [-0.05, 0) is 65.2 Å². The van der Waals surface area contributed by atoms with Gasteiger partial charge in [0.05, 0.1) is 10.9 Å². The number of pyridine rings is 1. The van der Waals surface area contributed by atoms with Gasteiger partial charge in [0, 0.05) is 24.8 Å². The van der Waals surface area contributed by atoms with Gasteiger partial charge in [0.2, 0.25) is 10.0 Å². The van der Waals surface area contributed by atoms with E-state index in [-0.39, 0.29) is 4.90 Å². The van der Waals surface area contributed by atoms with Crippen LogP contribution in [-0.4, -0.2) is 42.5 Å². The molecule has 8 heteroatoms. The van der Waals surface area contributed by atoms with E-state index in [9.17, 15) is 13.2 Å². The van der Waals surface area contributed by atoms with E-state index in [1.807, 2.05) is 52.8 Å². The molecule has 1 aliphatic heterocycles. The van der Waals surface area contributed by atoms with Crippen molar-refractivity contribution in [3.05, 3.63) is 53.7 Å². The molecule has 1 atom stereocenters. The third kappa shape index (κ3) is 5.92. The molecule has 180 valence electrons. The molecule has 0 N–H and O–H groups in total. The standard InChI is InChI=1S/C25H35N3O4S/c1-6-17-27(24(29)32-25(3,4)5)23-21(10-9-16-26-23)22-11-7-8-18-28(22)33(30,31)20-14-12-19(2)13-15-20/h9-10,12-16,22H,6-8,11,17-18H2,1-5H3/t22-/m0/s1. The first-order chi connectivity index (χ1) is 15.5. The lowest BCUT2D eigenvalue weighted by atomic mass is 9.97. The molecule has 1 saturated heterocycles. The molecule has 3 rings (SSSR count). The molecule has 1 amide bonds. The molecule has 1 aromatic heterocycles. The summed E-state index contributed by atoms with van der Waals surface area (Å²) < 4.78 is 34.4. The first-order valence-electron chi connectivity index (χ1n) is 11.6. The molecule has 0 saturated carbocycles. The van der Waals surface area contributed by atoms with Crippen LogP contribution in [0.15, 0.2) is 47.5 Å². The van der Waals surface area contributed by atoms with E-state index in [2.05, 4.69) is 4.98 Å². The smallest absolute Gasteiger partial charge is 0.416 e. The summed E-state index contributed by atoms with van der Waals surface area (Å²) >= 11 is 0. The minimum absolute atomic E-state index is 0.281. The van der Waals surface area contributed by atoms with Gasteiger partial charge in [0.1, 0.15) is 11.4 Å². The lowest BCUT2D eigenvalue weighted by Crippen LogP contribution is -2.41. The number of sulfonamides is 1. The summed E-state index contributed by atoms with van der Waals surface area (Å²) in [5.74, 6) is 0.463. The van der Waals surface area contributed by atoms with E-state index in [1.54, 1.807) is 28.7 Å². The van der Waals surface area contributed by atoms with Gasteiger partial charge in [-0.1, -0.05) is 37.1 Å². The summed E-state index contributed by atoms with van der Waals surface area (Å²) in [4.78, 5) is 19.4. The van der Waals surface area contributed by atoms with Crippen LogP contribution in [0, 0.1) is 6.92 Å². The molecular formula is C25H35N3O4S. The van der Waals surface area contributed by atoms with Crippen LogP contribution in [0.2, 0.25) is 0 Å². The number of ether oxygens (including phenoxy) is 1. The third-order valence-corrected chi connectivity index (χ3v) is 7.50. The molecule has 0 spiro atoms. The zero-order chi connectivity index (χ0) is 24.2. The Morgan fingerprint density at radius 2 is 1.88 bits per heavy atom. The Morgan fingerprint density at radius 1 is 1.18 bits per heavy atom. The summed E-state index contributed by atoms with van der Waals surface area (Å²) in [6, 6.07) is 10.2. The maximum absolute atomic E-state index is 13.6. The van der Waals surface area contributed by atoms with Crippen LogP contribution in [0.1, 0.15) is 70.5 Å². The fraction of sp³-hybridized carbons (Fsp3) is 0.520. The predicted octanol–water partition coefficient (Wildman–Crippen LogP) is 5.46. The number of piperidine rings is 1. The van der Waals surface area contributed by atoms with Crippen LogP contribution in [0.5, 0.6) is 0 Å². The van der Waals surface area contributed by atoms with Crippen LogP contribution in [0.3, 0.4) is 0 Å². The van der Waals surface area contributed by atoms with Crippen molar-refractivity contribution in [2.45, 2.75) is 76.8 Å². The van der Waals surface area contributed by atoms with Crippen LogP contribution < -0.4 is 4.90 Å². The van der Waals surface area contributed by atoms with Crippen molar-refractivity contribution in [3.8, 4) is 0 Å². The Labute approximate surface area is 197 Å². The molecule has 2 heterocycles. The molecule has 33 heavy (non-hydrogen) atoms. The Hall–Kier alpha value is -2.45. The highest BCUT2D eigenvalue weighted by atomic mass is 32.2. The highest BCUT2D eigenvalue weighted by Crippen LogP contribution is 2.39. The minimum Gasteiger partial charge on any atom is -0.443 e. The van der Waals surface area contributed by atoms with Crippen molar-refractivity contribution in [1.82, 2.24) is 9.29 Å². The van der Waals surface area contributed by atoms with Gasteiger partial charge in [-0.2, -0.15) is 4.31 Å². The molecule has 1 fully saturated rings. The van der Waals surface area contributed by atoms with Gasteiger partial charge in [-0.15, -0.1) is 0 Å². The summed E-state index contributed by atoms with van der Waals surface area (Å²) in [5, 5.41) is 0.